The highest BCUT2D eigenvalue weighted by Gasteiger charge is 2.22. The monoisotopic (exact) mass is 411 g/mol. The zero-order chi connectivity index (χ0) is 16.9. The number of rotatable bonds is 5. The van der Waals surface area contributed by atoms with Gasteiger partial charge in [0.05, 0.1) is 6.54 Å². The van der Waals surface area contributed by atoms with Gasteiger partial charge in [0.15, 0.2) is 10.4 Å². The molecular weight excluding hydrogens is 394 g/mol. The van der Waals surface area contributed by atoms with Gasteiger partial charge in [0.1, 0.15) is 0 Å². The largest absolute Gasteiger partial charge is 0.444 e. The minimum atomic E-state index is -0.384. The molecule has 1 aliphatic rings. The van der Waals surface area contributed by atoms with Crippen molar-refractivity contribution < 1.29 is 14.0 Å². The first-order chi connectivity index (χ1) is 11.6. The average Bonchev–Trinajstić information content (AvgIpc) is 3.24. The number of nitrogens with one attached hydrogen (secondary N) is 1. The van der Waals surface area contributed by atoms with Crippen molar-refractivity contribution in [3.63, 3.8) is 0 Å². The molecule has 24 heavy (non-hydrogen) atoms. The number of halogens is 1. The number of piperazine rings is 1. The number of hydrogen-bond acceptors (Lipinski definition) is 5. The molecule has 0 unspecified atom stereocenters. The molecule has 1 fully saturated rings. The molecular formula is C16H18BrN3O3S. The number of nitrogens with zero attached hydrogens (tertiary/aromatic N) is 2. The van der Waals surface area contributed by atoms with Crippen molar-refractivity contribution in [1.82, 2.24) is 15.1 Å². The van der Waals surface area contributed by atoms with Gasteiger partial charge in [-0.2, -0.15) is 11.3 Å². The van der Waals surface area contributed by atoms with Crippen LogP contribution in [0.1, 0.15) is 16.1 Å². The van der Waals surface area contributed by atoms with E-state index in [4.69, 9.17) is 4.42 Å². The molecule has 0 atom stereocenters. The second kappa shape index (κ2) is 7.96. The molecule has 1 saturated heterocycles. The Bertz CT molecular complexity index is 693. The molecule has 0 bridgehead atoms. The Hall–Kier alpha value is -1.64. The fourth-order valence-electron chi connectivity index (χ4n) is 2.59. The fourth-order valence-corrected chi connectivity index (χ4v) is 3.55. The molecule has 2 amide bonds. The second-order valence-electron chi connectivity index (χ2n) is 5.57. The van der Waals surface area contributed by atoms with Crippen LogP contribution >= 0.6 is 27.3 Å². The van der Waals surface area contributed by atoms with Gasteiger partial charge in [-0.25, -0.2) is 0 Å². The molecule has 0 spiro atoms. The predicted molar refractivity (Wildman–Crippen MR) is 94.9 cm³/mol. The zero-order valence-electron chi connectivity index (χ0n) is 13.0. The van der Waals surface area contributed by atoms with Crippen LogP contribution in [0.15, 0.2) is 38.0 Å². The van der Waals surface area contributed by atoms with Crippen LogP contribution in [0.5, 0.6) is 0 Å². The highest BCUT2D eigenvalue weighted by atomic mass is 79.9. The van der Waals surface area contributed by atoms with Crippen molar-refractivity contribution in [3.05, 3.63) is 45.0 Å². The van der Waals surface area contributed by atoms with E-state index in [1.807, 2.05) is 0 Å². The Labute approximate surface area is 152 Å². The summed E-state index contributed by atoms with van der Waals surface area (Å²) in [6.45, 7) is 3.98. The van der Waals surface area contributed by atoms with E-state index in [1.54, 1.807) is 28.4 Å². The third kappa shape index (κ3) is 4.46. The maximum absolute atomic E-state index is 12.2. The van der Waals surface area contributed by atoms with Crippen molar-refractivity contribution in [2.75, 3.05) is 32.7 Å². The topological polar surface area (TPSA) is 65.8 Å². The molecule has 1 N–H and O–H groups in total. The minimum Gasteiger partial charge on any atom is -0.444 e. The average molecular weight is 412 g/mol. The Morgan fingerprint density at radius 3 is 2.62 bits per heavy atom. The van der Waals surface area contributed by atoms with Gasteiger partial charge in [-0.3, -0.25) is 14.5 Å². The van der Waals surface area contributed by atoms with E-state index in [-0.39, 0.29) is 24.1 Å². The van der Waals surface area contributed by atoms with Gasteiger partial charge in [0.25, 0.3) is 5.91 Å². The van der Waals surface area contributed by atoms with Crippen LogP contribution in [0.3, 0.4) is 0 Å². The van der Waals surface area contributed by atoms with Gasteiger partial charge < -0.3 is 14.6 Å². The molecule has 1 aliphatic heterocycles. The summed E-state index contributed by atoms with van der Waals surface area (Å²) in [5.74, 6) is -0.260. The van der Waals surface area contributed by atoms with Crippen molar-refractivity contribution >= 4 is 39.1 Å². The van der Waals surface area contributed by atoms with Gasteiger partial charge in [-0.05, 0) is 50.5 Å². The maximum atomic E-state index is 12.2. The summed E-state index contributed by atoms with van der Waals surface area (Å²) in [5, 5.41) is 6.83. The van der Waals surface area contributed by atoms with Crippen molar-refractivity contribution in [2.24, 2.45) is 0 Å². The Kier molecular flexibility index (Phi) is 5.70. The molecule has 128 valence electrons. The molecule has 0 radical (unpaired) electrons. The Morgan fingerprint density at radius 1 is 1.21 bits per heavy atom. The van der Waals surface area contributed by atoms with Gasteiger partial charge in [0, 0.05) is 32.7 Å². The Morgan fingerprint density at radius 2 is 2.00 bits per heavy atom. The van der Waals surface area contributed by atoms with Crippen LogP contribution in [0.25, 0.3) is 0 Å². The van der Waals surface area contributed by atoms with Crippen LogP contribution < -0.4 is 5.32 Å². The van der Waals surface area contributed by atoms with Crippen LogP contribution in [-0.4, -0.2) is 54.3 Å². The first-order valence-corrected chi connectivity index (χ1v) is 9.40. The first kappa shape index (κ1) is 17.2. The number of amides is 2. The fraction of sp³-hybridized carbons (Fsp3) is 0.375. The van der Waals surface area contributed by atoms with Gasteiger partial charge in [0.2, 0.25) is 5.91 Å². The maximum Gasteiger partial charge on any atom is 0.287 e. The minimum absolute atomic E-state index is 0.0122. The van der Waals surface area contributed by atoms with Gasteiger partial charge >= 0.3 is 0 Å². The summed E-state index contributed by atoms with van der Waals surface area (Å²) in [7, 11) is 0. The smallest absolute Gasteiger partial charge is 0.287 e. The molecule has 3 rings (SSSR count). The summed E-state index contributed by atoms with van der Waals surface area (Å²) in [6, 6.07) is 5.33. The number of hydrogen-bond donors (Lipinski definition) is 1. The van der Waals surface area contributed by atoms with Crippen molar-refractivity contribution in [2.45, 2.75) is 6.54 Å². The number of thiophene rings is 1. The van der Waals surface area contributed by atoms with E-state index in [1.165, 1.54) is 5.56 Å². The summed E-state index contributed by atoms with van der Waals surface area (Å²) in [5.41, 5.74) is 1.32. The lowest BCUT2D eigenvalue weighted by molar-refractivity contribution is -0.131. The summed E-state index contributed by atoms with van der Waals surface area (Å²) >= 11 is 4.84. The SMILES string of the molecule is O=C(NCC(=O)N1CCN(Cc2ccsc2)CC1)c1ccc(Br)o1. The summed E-state index contributed by atoms with van der Waals surface area (Å²) in [4.78, 5) is 28.2. The van der Waals surface area contributed by atoms with Crippen molar-refractivity contribution in [3.8, 4) is 0 Å². The molecule has 2 aromatic rings. The quantitative estimate of drug-likeness (QED) is 0.818. The number of carbonyl (C=O) groups excluding carboxylic acids is 2. The lowest BCUT2D eigenvalue weighted by Crippen LogP contribution is -2.50. The predicted octanol–water partition coefficient (Wildman–Crippen LogP) is 2.18. The standard InChI is InChI=1S/C16H18BrN3O3S/c17-14-2-1-13(23-14)16(22)18-9-15(21)20-6-4-19(5-7-20)10-12-3-8-24-11-12/h1-3,8,11H,4-7,9-10H2,(H,18,22). The molecule has 0 aromatic carbocycles. The highest BCUT2D eigenvalue weighted by molar-refractivity contribution is 9.10. The molecule has 3 heterocycles. The van der Waals surface area contributed by atoms with E-state index in [0.29, 0.717) is 17.8 Å². The number of carbonyl (C=O) groups is 2. The van der Waals surface area contributed by atoms with E-state index >= 15 is 0 Å². The Balaban J connectivity index is 1.41. The third-order valence-electron chi connectivity index (χ3n) is 3.91. The van der Waals surface area contributed by atoms with E-state index in [9.17, 15) is 9.59 Å². The van der Waals surface area contributed by atoms with Crippen molar-refractivity contribution in [1.29, 1.82) is 0 Å². The highest BCUT2D eigenvalue weighted by Crippen LogP contribution is 2.14. The summed E-state index contributed by atoms with van der Waals surface area (Å²) in [6.07, 6.45) is 0. The second-order valence-corrected chi connectivity index (χ2v) is 7.14. The van der Waals surface area contributed by atoms with E-state index < -0.39 is 0 Å². The summed E-state index contributed by atoms with van der Waals surface area (Å²) < 4.78 is 5.65. The molecule has 8 heteroatoms. The van der Waals surface area contributed by atoms with Crippen LogP contribution in [0.4, 0.5) is 0 Å². The van der Waals surface area contributed by atoms with Crippen LogP contribution in [0, 0.1) is 0 Å². The van der Waals surface area contributed by atoms with Gasteiger partial charge in [-0.15, -0.1) is 0 Å². The molecule has 0 saturated carbocycles. The lowest BCUT2D eigenvalue weighted by atomic mass is 10.2. The first-order valence-electron chi connectivity index (χ1n) is 7.66. The zero-order valence-corrected chi connectivity index (χ0v) is 15.4. The normalized spacial score (nSPS) is 15.5. The third-order valence-corrected chi connectivity index (χ3v) is 5.07. The molecule has 6 nitrogen and oxygen atoms in total. The van der Waals surface area contributed by atoms with E-state index in [0.717, 1.165) is 19.6 Å². The van der Waals surface area contributed by atoms with Crippen LogP contribution in [-0.2, 0) is 11.3 Å². The van der Waals surface area contributed by atoms with Crippen LogP contribution in [0.2, 0.25) is 0 Å². The molecule has 0 aliphatic carbocycles. The lowest BCUT2D eigenvalue weighted by Gasteiger charge is -2.34. The number of furan rings is 1. The molecule has 2 aromatic heterocycles. The van der Waals surface area contributed by atoms with E-state index in [2.05, 4.69) is 43.0 Å². The van der Waals surface area contributed by atoms with Gasteiger partial charge in [-0.1, -0.05) is 0 Å².